The zero-order valence-electron chi connectivity index (χ0n) is 17.3. The van der Waals surface area contributed by atoms with E-state index in [0.717, 1.165) is 24.1 Å². The number of unbranched alkanes of at least 4 members (excludes halogenated alkanes) is 6. The van der Waals surface area contributed by atoms with Gasteiger partial charge in [-0.1, -0.05) is 90.5 Å². The molecule has 148 valence electrons. The molecule has 1 amide bonds. The van der Waals surface area contributed by atoms with Gasteiger partial charge in [-0.2, -0.15) is 0 Å². The molecule has 0 unspecified atom stereocenters. The van der Waals surface area contributed by atoms with Crippen LogP contribution in [0, 0.1) is 0 Å². The van der Waals surface area contributed by atoms with Crippen LogP contribution in [0.25, 0.3) is 11.3 Å². The highest BCUT2D eigenvalue weighted by Crippen LogP contribution is 2.28. The van der Waals surface area contributed by atoms with E-state index in [2.05, 4.69) is 62.3 Å². The van der Waals surface area contributed by atoms with Crippen molar-refractivity contribution in [3.8, 4) is 11.3 Å². The van der Waals surface area contributed by atoms with Crippen LogP contribution in [-0.4, -0.2) is 10.9 Å². The number of rotatable bonds is 10. The third-order valence-electron chi connectivity index (χ3n) is 4.80. The summed E-state index contributed by atoms with van der Waals surface area (Å²) in [6, 6.07) is 8.54. The quantitative estimate of drug-likeness (QED) is 0.439. The molecule has 0 spiro atoms. The van der Waals surface area contributed by atoms with Gasteiger partial charge in [0.05, 0.1) is 5.69 Å². The number of thiazole rings is 1. The molecule has 0 fully saturated rings. The van der Waals surface area contributed by atoms with Crippen LogP contribution in [0.3, 0.4) is 0 Å². The fraction of sp³-hybridized carbons (Fsp3) is 0.565. The molecule has 0 aliphatic carbocycles. The second kappa shape index (κ2) is 10.6. The zero-order valence-corrected chi connectivity index (χ0v) is 18.1. The van der Waals surface area contributed by atoms with Gasteiger partial charge in [-0.3, -0.25) is 4.79 Å². The summed E-state index contributed by atoms with van der Waals surface area (Å²) < 4.78 is 0. The Balaban J connectivity index is 1.77. The molecule has 0 aliphatic heterocycles. The third-order valence-corrected chi connectivity index (χ3v) is 5.56. The highest BCUT2D eigenvalue weighted by molar-refractivity contribution is 7.14. The number of hydrogen-bond donors (Lipinski definition) is 1. The monoisotopic (exact) mass is 386 g/mol. The highest BCUT2D eigenvalue weighted by atomic mass is 32.1. The van der Waals surface area contributed by atoms with Gasteiger partial charge >= 0.3 is 0 Å². The number of carbonyl (C=O) groups excluding carboxylic acids is 1. The lowest BCUT2D eigenvalue weighted by Gasteiger charge is -2.18. The number of carbonyl (C=O) groups is 1. The van der Waals surface area contributed by atoms with Gasteiger partial charge in [-0.15, -0.1) is 11.3 Å². The summed E-state index contributed by atoms with van der Waals surface area (Å²) in [4.78, 5) is 16.7. The molecule has 0 aliphatic rings. The van der Waals surface area contributed by atoms with Gasteiger partial charge in [0.2, 0.25) is 5.91 Å². The molecule has 27 heavy (non-hydrogen) atoms. The van der Waals surface area contributed by atoms with Crippen molar-refractivity contribution in [1.29, 1.82) is 0 Å². The number of nitrogens with zero attached hydrogens (tertiary/aromatic N) is 1. The van der Waals surface area contributed by atoms with Crippen LogP contribution >= 0.6 is 11.3 Å². The highest BCUT2D eigenvalue weighted by Gasteiger charge is 2.14. The van der Waals surface area contributed by atoms with Crippen molar-refractivity contribution >= 4 is 22.4 Å². The van der Waals surface area contributed by atoms with Crippen molar-refractivity contribution in [2.75, 3.05) is 5.32 Å². The smallest absolute Gasteiger partial charge is 0.226 e. The van der Waals surface area contributed by atoms with Crippen LogP contribution in [0.4, 0.5) is 5.13 Å². The van der Waals surface area contributed by atoms with Crippen molar-refractivity contribution in [2.24, 2.45) is 0 Å². The summed E-state index contributed by atoms with van der Waals surface area (Å²) in [5.74, 6) is 0.0764. The van der Waals surface area contributed by atoms with Gasteiger partial charge in [0.15, 0.2) is 5.13 Å². The number of benzene rings is 1. The van der Waals surface area contributed by atoms with Gasteiger partial charge in [0.25, 0.3) is 0 Å². The summed E-state index contributed by atoms with van der Waals surface area (Å²) in [7, 11) is 0. The Morgan fingerprint density at radius 2 is 1.63 bits per heavy atom. The standard InChI is InChI=1S/C23H34N2OS/c1-5-6-7-8-9-10-11-12-21(26)25-22-24-20(17-27-22)18-13-15-19(16-14-18)23(2,3)4/h13-17H,5-12H2,1-4H3,(H,24,25,26). The van der Waals surface area contributed by atoms with Crippen LogP contribution in [0.5, 0.6) is 0 Å². The first-order valence-electron chi connectivity index (χ1n) is 10.3. The number of anilines is 1. The lowest BCUT2D eigenvalue weighted by molar-refractivity contribution is -0.116. The molecule has 2 aromatic rings. The van der Waals surface area contributed by atoms with E-state index in [1.54, 1.807) is 0 Å². The first-order valence-corrected chi connectivity index (χ1v) is 11.1. The van der Waals surface area contributed by atoms with Crippen molar-refractivity contribution in [1.82, 2.24) is 4.98 Å². The Kier molecular flexibility index (Phi) is 8.49. The van der Waals surface area contributed by atoms with Gasteiger partial charge < -0.3 is 5.32 Å². The number of nitrogens with one attached hydrogen (secondary N) is 1. The first kappa shape index (κ1) is 21.6. The molecule has 0 saturated heterocycles. The Morgan fingerprint density at radius 3 is 2.26 bits per heavy atom. The molecule has 0 bridgehead atoms. The molecular formula is C23H34N2OS. The van der Waals surface area contributed by atoms with E-state index in [0.29, 0.717) is 11.6 Å². The number of aromatic nitrogens is 1. The summed E-state index contributed by atoms with van der Waals surface area (Å²) >= 11 is 1.49. The minimum absolute atomic E-state index is 0.0764. The van der Waals surface area contributed by atoms with Crippen LogP contribution < -0.4 is 5.32 Å². The Morgan fingerprint density at radius 1 is 1.00 bits per heavy atom. The largest absolute Gasteiger partial charge is 0.302 e. The second-order valence-corrected chi connectivity index (χ2v) is 9.14. The maximum atomic E-state index is 12.1. The molecule has 3 nitrogen and oxygen atoms in total. The van der Waals surface area contributed by atoms with Crippen LogP contribution in [0.2, 0.25) is 0 Å². The van der Waals surface area contributed by atoms with Crippen LogP contribution in [0.1, 0.15) is 84.6 Å². The maximum Gasteiger partial charge on any atom is 0.226 e. The van der Waals surface area contributed by atoms with Crippen molar-refractivity contribution in [3.05, 3.63) is 35.2 Å². The zero-order chi connectivity index (χ0) is 19.7. The maximum absolute atomic E-state index is 12.1. The van der Waals surface area contributed by atoms with E-state index < -0.39 is 0 Å². The van der Waals surface area contributed by atoms with E-state index in [1.807, 2.05) is 5.38 Å². The van der Waals surface area contributed by atoms with Gasteiger partial charge in [0, 0.05) is 17.4 Å². The fourth-order valence-electron chi connectivity index (χ4n) is 3.03. The van der Waals surface area contributed by atoms with Crippen LogP contribution in [0.15, 0.2) is 29.6 Å². The Hall–Kier alpha value is -1.68. The lowest BCUT2D eigenvalue weighted by atomic mass is 9.86. The summed E-state index contributed by atoms with van der Waals surface area (Å²) in [6.07, 6.45) is 9.14. The summed E-state index contributed by atoms with van der Waals surface area (Å²) in [6.45, 7) is 8.87. The first-order chi connectivity index (χ1) is 12.9. The topological polar surface area (TPSA) is 42.0 Å². The van der Waals surface area contributed by atoms with E-state index in [-0.39, 0.29) is 11.3 Å². The number of amides is 1. The van der Waals surface area contributed by atoms with Gasteiger partial charge in [0.1, 0.15) is 0 Å². The predicted octanol–water partition coefficient (Wildman–Crippen LogP) is 7.19. The Bertz CT molecular complexity index is 698. The van der Waals surface area contributed by atoms with Crippen LogP contribution in [-0.2, 0) is 10.2 Å². The van der Waals surface area contributed by atoms with Crippen molar-refractivity contribution < 1.29 is 4.79 Å². The van der Waals surface area contributed by atoms with E-state index >= 15 is 0 Å². The average molecular weight is 387 g/mol. The lowest BCUT2D eigenvalue weighted by Crippen LogP contribution is -2.11. The van der Waals surface area contributed by atoms with Gasteiger partial charge in [-0.25, -0.2) is 4.98 Å². The molecule has 0 radical (unpaired) electrons. The average Bonchev–Trinajstić information content (AvgIpc) is 3.09. The molecule has 1 N–H and O–H groups in total. The molecule has 2 rings (SSSR count). The molecule has 4 heteroatoms. The molecule has 1 aromatic heterocycles. The van der Waals surface area contributed by atoms with Gasteiger partial charge in [-0.05, 0) is 17.4 Å². The van der Waals surface area contributed by atoms with Crippen molar-refractivity contribution in [2.45, 2.75) is 84.5 Å². The van der Waals surface area contributed by atoms with Crippen molar-refractivity contribution in [3.63, 3.8) is 0 Å². The summed E-state index contributed by atoms with van der Waals surface area (Å²) in [5.41, 5.74) is 3.47. The third kappa shape index (κ3) is 7.45. The normalized spacial score (nSPS) is 11.6. The van der Waals surface area contributed by atoms with E-state index in [9.17, 15) is 4.79 Å². The predicted molar refractivity (Wildman–Crippen MR) is 117 cm³/mol. The summed E-state index contributed by atoms with van der Waals surface area (Å²) in [5, 5.41) is 5.65. The molecule has 0 atom stereocenters. The minimum atomic E-state index is 0.0764. The SMILES string of the molecule is CCCCCCCCCC(=O)Nc1nc(-c2ccc(C(C)(C)C)cc2)cs1. The molecule has 1 heterocycles. The molecule has 0 saturated carbocycles. The van der Waals surface area contributed by atoms with E-state index in [4.69, 9.17) is 0 Å². The Labute approximate surface area is 168 Å². The molecular weight excluding hydrogens is 352 g/mol. The second-order valence-electron chi connectivity index (χ2n) is 8.28. The molecule has 1 aromatic carbocycles. The van der Waals surface area contributed by atoms with E-state index in [1.165, 1.54) is 49.0 Å². The number of hydrogen-bond acceptors (Lipinski definition) is 3. The minimum Gasteiger partial charge on any atom is -0.302 e. The fourth-order valence-corrected chi connectivity index (χ4v) is 3.77.